The van der Waals surface area contributed by atoms with E-state index in [2.05, 4.69) is 15.9 Å². The second-order valence-corrected chi connectivity index (χ2v) is 5.65. The van der Waals surface area contributed by atoms with E-state index in [0.717, 1.165) is 15.2 Å². The van der Waals surface area contributed by atoms with E-state index in [1.54, 1.807) is 6.07 Å². The zero-order valence-electron chi connectivity index (χ0n) is 11.0. The summed E-state index contributed by atoms with van der Waals surface area (Å²) in [7, 11) is 0. The van der Waals surface area contributed by atoms with Gasteiger partial charge >= 0.3 is 0 Å². The van der Waals surface area contributed by atoms with E-state index in [9.17, 15) is 8.78 Å². The van der Waals surface area contributed by atoms with E-state index in [0.29, 0.717) is 5.56 Å². The summed E-state index contributed by atoms with van der Waals surface area (Å²) in [5.41, 5.74) is 6.72. The van der Waals surface area contributed by atoms with Crippen LogP contribution in [0.3, 0.4) is 0 Å². The lowest BCUT2D eigenvalue weighted by Gasteiger charge is -2.17. The molecule has 0 spiro atoms. The number of halogens is 3. The molecule has 0 saturated carbocycles. The third-order valence-corrected chi connectivity index (χ3v) is 4.24. The fraction of sp³-hybridized carbons (Fsp3) is 0.0588. The molecule has 0 aliphatic heterocycles. The lowest BCUT2D eigenvalue weighted by atomic mass is 9.94. The Hall–Kier alpha value is -1.78. The van der Waals surface area contributed by atoms with Crippen molar-refractivity contribution in [2.24, 2.45) is 5.73 Å². The predicted molar refractivity (Wildman–Crippen MR) is 84.0 cm³/mol. The topological polar surface area (TPSA) is 26.0 Å². The molecule has 106 valence electrons. The minimum absolute atomic E-state index is 0.107. The molecule has 3 aromatic carbocycles. The molecule has 3 rings (SSSR count). The summed E-state index contributed by atoms with van der Waals surface area (Å²) in [6.45, 7) is 0. The van der Waals surface area contributed by atoms with Gasteiger partial charge in [-0.15, -0.1) is 0 Å². The van der Waals surface area contributed by atoms with Crippen molar-refractivity contribution in [3.8, 4) is 0 Å². The SMILES string of the molecule is NC(c1c(F)cccc1F)c1ccc(Br)c2ccccc12. The molecule has 1 atom stereocenters. The lowest BCUT2D eigenvalue weighted by Crippen LogP contribution is -2.16. The van der Waals surface area contributed by atoms with Gasteiger partial charge in [0.25, 0.3) is 0 Å². The van der Waals surface area contributed by atoms with E-state index in [1.807, 2.05) is 30.3 Å². The molecule has 0 heterocycles. The van der Waals surface area contributed by atoms with Crippen LogP contribution >= 0.6 is 15.9 Å². The van der Waals surface area contributed by atoms with Gasteiger partial charge in [0.15, 0.2) is 0 Å². The van der Waals surface area contributed by atoms with Crippen molar-refractivity contribution < 1.29 is 8.78 Å². The molecule has 1 unspecified atom stereocenters. The summed E-state index contributed by atoms with van der Waals surface area (Å²) in [5.74, 6) is -1.26. The Labute approximate surface area is 129 Å². The molecule has 1 nitrogen and oxygen atoms in total. The number of benzene rings is 3. The van der Waals surface area contributed by atoms with Crippen LogP contribution in [0.1, 0.15) is 17.2 Å². The zero-order valence-corrected chi connectivity index (χ0v) is 12.6. The highest BCUT2D eigenvalue weighted by atomic mass is 79.9. The lowest BCUT2D eigenvalue weighted by molar-refractivity contribution is 0.544. The van der Waals surface area contributed by atoms with Gasteiger partial charge in [0.2, 0.25) is 0 Å². The van der Waals surface area contributed by atoms with Crippen LogP contribution in [-0.4, -0.2) is 0 Å². The molecule has 21 heavy (non-hydrogen) atoms. The highest BCUT2D eigenvalue weighted by molar-refractivity contribution is 9.10. The van der Waals surface area contributed by atoms with Crippen LogP contribution in [0.2, 0.25) is 0 Å². The van der Waals surface area contributed by atoms with Gasteiger partial charge in [-0.1, -0.05) is 52.3 Å². The molecule has 0 saturated heterocycles. The van der Waals surface area contributed by atoms with Gasteiger partial charge in [-0.25, -0.2) is 8.78 Å². The smallest absolute Gasteiger partial charge is 0.131 e. The Morgan fingerprint density at radius 1 is 0.810 bits per heavy atom. The maximum absolute atomic E-state index is 13.9. The normalized spacial score (nSPS) is 12.6. The molecule has 0 radical (unpaired) electrons. The third kappa shape index (κ3) is 2.45. The highest BCUT2D eigenvalue weighted by Gasteiger charge is 2.20. The van der Waals surface area contributed by atoms with Crippen molar-refractivity contribution >= 4 is 26.7 Å². The Bertz CT molecular complexity index is 797. The molecule has 0 aromatic heterocycles. The molecule has 0 fully saturated rings. The number of hydrogen-bond donors (Lipinski definition) is 1. The van der Waals surface area contributed by atoms with Crippen LogP contribution in [0.15, 0.2) is 59.1 Å². The minimum atomic E-state index is -0.857. The minimum Gasteiger partial charge on any atom is -0.320 e. The quantitative estimate of drug-likeness (QED) is 0.698. The van der Waals surface area contributed by atoms with Gasteiger partial charge < -0.3 is 5.73 Å². The summed E-state index contributed by atoms with van der Waals surface area (Å²) >= 11 is 3.48. The maximum atomic E-state index is 13.9. The Morgan fingerprint density at radius 3 is 2.10 bits per heavy atom. The van der Waals surface area contributed by atoms with E-state index in [4.69, 9.17) is 5.73 Å². The summed E-state index contributed by atoms with van der Waals surface area (Å²) in [6, 6.07) is 14.2. The van der Waals surface area contributed by atoms with Crippen molar-refractivity contribution in [3.63, 3.8) is 0 Å². The summed E-state index contributed by atoms with van der Waals surface area (Å²) in [4.78, 5) is 0. The first-order valence-electron chi connectivity index (χ1n) is 6.46. The number of rotatable bonds is 2. The van der Waals surface area contributed by atoms with Crippen LogP contribution in [0.5, 0.6) is 0 Å². The molecule has 4 heteroatoms. The fourth-order valence-electron chi connectivity index (χ4n) is 2.52. The monoisotopic (exact) mass is 347 g/mol. The molecular weight excluding hydrogens is 336 g/mol. The average molecular weight is 348 g/mol. The van der Waals surface area contributed by atoms with Crippen LogP contribution in [0, 0.1) is 11.6 Å². The number of hydrogen-bond acceptors (Lipinski definition) is 1. The largest absolute Gasteiger partial charge is 0.320 e. The standard InChI is InChI=1S/C17H12BrF2N/c18-13-9-8-12(10-4-1-2-5-11(10)13)17(21)16-14(19)6-3-7-15(16)20/h1-9,17H,21H2. The van der Waals surface area contributed by atoms with Crippen LogP contribution < -0.4 is 5.73 Å². The number of fused-ring (bicyclic) bond motifs is 1. The Morgan fingerprint density at radius 2 is 1.43 bits per heavy atom. The molecular formula is C17H12BrF2N. The van der Waals surface area contributed by atoms with E-state index in [-0.39, 0.29) is 5.56 Å². The summed E-state index contributed by atoms with van der Waals surface area (Å²) in [5, 5.41) is 1.84. The number of nitrogens with two attached hydrogens (primary N) is 1. The average Bonchev–Trinajstić information content (AvgIpc) is 2.47. The predicted octanol–water partition coefficient (Wildman–Crippen LogP) is 4.93. The Kier molecular flexibility index (Phi) is 3.74. The van der Waals surface area contributed by atoms with Crippen molar-refractivity contribution in [1.82, 2.24) is 0 Å². The highest BCUT2D eigenvalue weighted by Crippen LogP contribution is 2.33. The summed E-state index contributed by atoms with van der Waals surface area (Å²) < 4.78 is 28.8. The van der Waals surface area contributed by atoms with Crippen LogP contribution in [0.25, 0.3) is 10.8 Å². The van der Waals surface area contributed by atoms with E-state index < -0.39 is 17.7 Å². The molecule has 3 aromatic rings. The first kappa shape index (κ1) is 14.2. The van der Waals surface area contributed by atoms with Crippen LogP contribution in [-0.2, 0) is 0 Å². The Balaban J connectivity index is 2.23. The van der Waals surface area contributed by atoms with Gasteiger partial charge in [-0.3, -0.25) is 0 Å². The van der Waals surface area contributed by atoms with Gasteiger partial charge in [0.05, 0.1) is 6.04 Å². The molecule has 0 aliphatic carbocycles. The molecule has 0 amide bonds. The molecule has 0 bridgehead atoms. The summed E-state index contributed by atoms with van der Waals surface area (Å²) in [6.07, 6.45) is 0. The van der Waals surface area contributed by atoms with Gasteiger partial charge in [0.1, 0.15) is 11.6 Å². The van der Waals surface area contributed by atoms with E-state index in [1.165, 1.54) is 18.2 Å². The van der Waals surface area contributed by atoms with Gasteiger partial charge in [-0.05, 0) is 34.5 Å². The van der Waals surface area contributed by atoms with E-state index >= 15 is 0 Å². The molecule has 0 aliphatic rings. The van der Waals surface area contributed by atoms with Crippen molar-refractivity contribution in [1.29, 1.82) is 0 Å². The fourth-order valence-corrected chi connectivity index (χ4v) is 3.00. The van der Waals surface area contributed by atoms with Gasteiger partial charge in [0, 0.05) is 10.0 Å². The van der Waals surface area contributed by atoms with Gasteiger partial charge in [-0.2, -0.15) is 0 Å². The van der Waals surface area contributed by atoms with Crippen LogP contribution in [0.4, 0.5) is 8.78 Å². The zero-order chi connectivity index (χ0) is 15.0. The third-order valence-electron chi connectivity index (χ3n) is 3.55. The second kappa shape index (κ2) is 5.54. The molecule has 2 N–H and O–H groups in total. The maximum Gasteiger partial charge on any atom is 0.131 e. The van der Waals surface area contributed by atoms with Crippen molar-refractivity contribution in [2.75, 3.05) is 0 Å². The first-order chi connectivity index (χ1) is 10.1. The van der Waals surface area contributed by atoms with Crippen molar-refractivity contribution in [3.05, 3.63) is 81.8 Å². The van der Waals surface area contributed by atoms with Crippen molar-refractivity contribution in [2.45, 2.75) is 6.04 Å². The second-order valence-electron chi connectivity index (χ2n) is 4.80. The first-order valence-corrected chi connectivity index (χ1v) is 7.25.